The van der Waals surface area contributed by atoms with Gasteiger partial charge in [-0.1, -0.05) is 90.4 Å². The van der Waals surface area contributed by atoms with Crippen LogP contribution < -0.4 is 0 Å². The summed E-state index contributed by atoms with van der Waals surface area (Å²) >= 11 is 0. The molecule has 0 radical (unpaired) electrons. The van der Waals surface area contributed by atoms with E-state index in [9.17, 15) is 0 Å². The second-order valence-electron chi connectivity index (χ2n) is 5.17. The second-order valence-corrected chi connectivity index (χ2v) is 5.17. The molecule has 1 N–H and O–H groups in total. The van der Waals surface area contributed by atoms with Crippen LogP contribution >= 0.6 is 0 Å². The maximum absolute atomic E-state index is 6.81. The van der Waals surface area contributed by atoms with Gasteiger partial charge in [-0.05, 0) is 0 Å². The number of rotatable bonds is 14. The van der Waals surface area contributed by atoms with E-state index in [0.717, 1.165) is 6.42 Å². The van der Waals surface area contributed by atoms with Crippen LogP contribution in [0.25, 0.3) is 0 Å². The zero-order valence-electron chi connectivity index (χ0n) is 13.6. The normalized spacial score (nSPS) is 9.53. The Morgan fingerprint density at radius 3 is 1.26 bits per heavy atom. The van der Waals surface area contributed by atoms with Gasteiger partial charge in [0.2, 0.25) is 0 Å². The van der Waals surface area contributed by atoms with Gasteiger partial charge < -0.3 is 19.1 Å². The van der Waals surface area contributed by atoms with Gasteiger partial charge in [0.15, 0.2) is 0 Å². The molecule has 0 bridgehead atoms. The van der Waals surface area contributed by atoms with Crippen molar-refractivity contribution in [2.24, 2.45) is 0 Å². The average molecular weight is 278 g/mol. The van der Waals surface area contributed by atoms with Gasteiger partial charge in [-0.2, -0.15) is 6.42 Å². The molecule has 0 aliphatic carbocycles. The second kappa shape index (κ2) is 23.5. The topological polar surface area (TPSA) is 23.9 Å². The molecule has 0 heterocycles. The van der Waals surface area contributed by atoms with Crippen LogP contribution in [0.3, 0.4) is 0 Å². The molecule has 0 spiro atoms. The fourth-order valence-corrected chi connectivity index (χ4v) is 2.23. The molecule has 0 saturated heterocycles. The average Bonchev–Trinajstić information content (AvgIpc) is 2.35. The smallest absolute Gasteiger partial charge is 0.519 e. The van der Waals surface area contributed by atoms with Gasteiger partial charge in [-0.25, -0.2) is 0 Å². The molecule has 0 fully saturated rings. The Morgan fingerprint density at radius 1 is 0.632 bits per heavy atom. The quantitative estimate of drug-likeness (QED) is 0.173. The van der Waals surface area contributed by atoms with Crippen molar-refractivity contribution in [1.29, 1.82) is 5.41 Å². The van der Waals surface area contributed by atoms with E-state index in [0.29, 0.717) is 0 Å². The summed E-state index contributed by atoms with van der Waals surface area (Å²) in [4.78, 5) is 0. The molecule has 0 saturated carbocycles. The van der Waals surface area contributed by atoms with Crippen LogP contribution in [0, 0.1) is 12.8 Å². The maximum atomic E-state index is 6.81. The molecule has 0 aliphatic heterocycles. The van der Waals surface area contributed by atoms with Crippen molar-refractivity contribution in [3.8, 4) is 0 Å². The maximum Gasteiger partial charge on any atom is 2.00 e. The standard InChI is InChI=1S/C16H32N.CH3.Mg/c1-2-3-4-5-6-7-8-9-10-11-12-13-14-15-16-17;;/h17H,2-15H2,1H3;1H3;/q2*-1;+2. The summed E-state index contributed by atoms with van der Waals surface area (Å²) < 4.78 is 0. The molecule has 0 unspecified atom stereocenters. The van der Waals surface area contributed by atoms with E-state index in [1.807, 2.05) is 0 Å². The summed E-state index contributed by atoms with van der Waals surface area (Å²) in [5.74, 6) is 0. The van der Waals surface area contributed by atoms with Gasteiger partial charge in [0.1, 0.15) is 0 Å². The molecule has 1 nitrogen and oxygen atoms in total. The van der Waals surface area contributed by atoms with Gasteiger partial charge in [-0.3, -0.25) is 0 Å². The predicted octanol–water partition coefficient (Wildman–Crippen LogP) is 6.06. The number of unbranched alkanes of at least 4 members (excludes halogenated alkanes) is 13. The summed E-state index contributed by atoms with van der Waals surface area (Å²) in [5, 5.41) is 6.81. The Bertz CT molecular complexity index is 148. The third-order valence-corrected chi connectivity index (χ3v) is 3.41. The van der Waals surface area contributed by atoms with Crippen LogP contribution in [0.4, 0.5) is 0 Å². The number of nitrogens with one attached hydrogen (secondary N) is 1. The molecule has 2 heteroatoms. The molecule has 0 aliphatic rings. The molecular formula is C17H35MgN. The van der Waals surface area contributed by atoms with Gasteiger partial charge >= 0.3 is 23.1 Å². The summed E-state index contributed by atoms with van der Waals surface area (Å²) in [7, 11) is 0. The predicted molar refractivity (Wildman–Crippen MR) is 90.2 cm³/mol. The van der Waals surface area contributed by atoms with Crippen LogP contribution in [0.15, 0.2) is 0 Å². The molecule has 0 rings (SSSR count). The van der Waals surface area contributed by atoms with E-state index < -0.39 is 0 Å². The molecule has 0 atom stereocenters. The van der Waals surface area contributed by atoms with Crippen molar-refractivity contribution in [2.45, 2.75) is 96.8 Å². The monoisotopic (exact) mass is 277 g/mol. The summed E-state index contributed by atoms with van der Waals surface area (Å²) in [6.07, 6.45) is 21.4. The minimum Gasteiger partial charge on any atom is -0.519 e. The van der Waals surface area contributed by atoms with Crippen LogP contribution in [0.5, 0.6) is 0 Å². The van der Waals surface area contributed by atoms with E-state index >= 15 is 0 Å². The van der Waals surface area contributed by atoms with E-state index in [1.165, 1.54) is 83.5 Å². The van der Waals surface area contributed by atoms with Crippen LogP contribution in [-0.2, 0) is 0 Å². The SMILES string of the molecule is CCCCCCCCCCCCCCC[C-]=N.[CH3-].[Mg+2]. The van der Waals surface area contributed by atoms with Gasteiger partial charge in [0.05, 0.1) is 0 Å². The Morgan fingerprint density at radius 2 is 0.947 bits per heavy atom. The largest absolute Gasteiger partial charge is 2.00 e. The molecule has 19 heavy (non-hydrogen) atoms. The van der Waals surface area contributed by atoms with E-state index in [4.69, 9.17) is 5.41 Å². The van der Waals surface area contributed by atoms with Gasteiger partial charge in [0, 0.05) is 0 Å². The summed E-state index contributed by atoms with van der Waals surface area (Å²) in [5.41, 5.74) is 0. The Labute approximate surface area is 139 Å². The zero-order chi connectivity index (χ0) is 12.6. The van der Waals surface area contributed by atoms with E-state index in [-0.39, 0.29) is 30.5 Å². The molecular weight excluding hydrogens is 242 g/mol. The number of hydrogen-bond donors (Lipinski definition) is 1. The Balaban J connectivity index is -0.00000128. The van der Waals surface area contributed by atoms with E-state index in [2.05, 4.69) is 13.1 Å². The Kier molecular flexibility index (Phi) is 30.3. The summed E-state index contributed by atoms with van der Waals surface area (Å²) in [6.45, 7) is 2.28. The molecule has 0 aromatic heterocycles. The molecule has 110 valence electrons. The van der Waals surface area contributed by atoms with Crippen LogP contribution in [0.1, 0.15) is 96.8 Å². The Hall–Kier alpha value is 0.436. The van der Waals surface area contributed by atoms with Gasteiger partial charge in [-0.15, -0.1) is 0 Å². The van der Waals surface area contributed by atoms with Crippen LogP contribution in [-0.4, -0.2) is 29.3 Å². The first-order chi connectivity index (χ1) is 8.41. The van der Waals surface area contributed by atoms with Crippen molar-refractivity contribution in [3.05, 3.63) is 7.43 Å². The zero-order valence-corrected chi connectivity index (χ0v) is 15.0. The fourth-order valence-electron chi connectivity index (χ4n) is 2.23. The van der Waals surface area contributed by atoms with Crippen molar-refractivity contribution in [2.75, 3.05) is 0 Å². The first kappa shape index (κ1) is 24.5. The van der Waals surface area contributed by atoms with E-state index in [1.54, 1.807) is 0 Å². The first-order valence-corrected chi connectivity index (χ1v) is 7.81. The fraction of sp³-hybridized carbons (Fsp3) is 0.882. The molecule has 0 aromatic carbocycles. The van der Waals surface area contributed by atoms with Crippen molar-refractivity contribution < 1.29 is 0 Å². The minimum atomic E-state index is 0. The minimum absolute atomic E-state index is 0. The molecule has 0 aromatic rings. The first-order valence-electron chi connectivity index (χ1n) is 7.81. The van der Waals surface area contributed by atoms with Crippen molar-refractivity contribution in [1.82, 2.24) is 0 Å². The van der Waals surface area contributed by atoms with Crippen LogP contribution in [0.2, 0.25) is 0 Å². The van der Waals surface area contributed by atoms with Gasteiger partial charge in [0.25, 0.3) is 0 Å². The summed E-state index contributed by atoms with van der Waals surface area (Å²) in [6, 6.07) is 0. The van der Waals surface area contributed by atoms with Crippen molar-refractivity contribution >= 4 is 29.3 Å². The third kappa shape index (κ3) is 23.9. The van der Waals surface area contributed by atoms with Crippen molar-refractivity contribution in [3.63, 3.8) is 0 Å². The molecule has 0 amide bonds. The number of hydrogen-bond acceptors (Lipinski definition) is 1. The third-order valence-electron chi connectivity index (χ3n) is 3.41.